The summed E-state index contributed by atoms with van der Waals surface area (Å²) < 4.78 is 10.1. The van der Waals surface area contributed by atoms with Crippen LogP contribution in [0, 0.1) is 0 Å². The van der Waals surface area contributed by atoms with Gasteiger partial charge in [-0.05, 0) is 30.7 Å². The molecule has 0 saturated carbocycles. The van der Waals surface area contributed by atoms with Crippen LogP contribution in [0.2, 0.25) is 0 Å². The van der Waals surface area contributed by atoms with Gasteiger partial charge < -0.3 is 9.47 Å². The van der Waals surface area contributed by atoms with E-state index in [4.69, 9.17) is 9.47 Å². The number of hydrogen-bond donors (Lipinski definition) is 0. The molecule has 0 aliphatic rings. The molecule has 0 radical (unpaired) electrons. The number of ether oxygens (including phenoxy) is 2. The molecule has 1 aromatic carbocycles. The Morgan fingerprint density at radius 3 is 2.65 bits per heavy atom. The maximum atomic E-state index is 11.2. The molecule has 0 heterocycles. The van der Waals surface area contributed by atoms with E-state index < -0.39 is 0 Å². The van der Waals surface area contributed by atoms with Gasteiger partial charge in [-0.15, -0.1) is 0 Å². The number of carbonyl (C=O) groups excluding carboxylic acids is 1. The summed E-state index contributed by atoms with van der Waals surface area (Å²) in [6.45, 7) is 6.27. The number of benzene rings is 1. The first-order chi connectivity index (χ1) is 8.26. The van der Waals surface area contributed by atoms with Crippen molar-refractivity contribution >= 4 is 12.0 Å². The lowest BCUT2D eigenvalue weighted by molar-refractivity contribution is -0.136. The van der Waals surface area contributed by atoms with Crippen LogP contribution >= 0.6 is 0 Å². The molecule has 0 bridgehead atoms. The second kappa shape index (κ2) is 7.28. The first kappa shape index (κ1) is 13.0. The smallest absolute Gasteiger partial charge is 0.331 e. The van der Waals surface area contributed by atoms with Gasteiger partial charge in [0.1, 0.15) is 12.4 Å². The zero-order chi connectivity index (χ0) is 12.5. The molecule has 17 heavy (non-hydrogen) atoms. The van der Waals surface area contributed by atoms with Crippen LogP contribution in [-0.2, 0) is 9.53 Å². The molecule has 3 heteroatoms. The molecule has 0 N–H and O–H groups in total. The van der Waals surface area contributed by atoms with E-state index in [0.29, 0.717) is 6.61 Å². The van der Waals surface area contributed by atoms with Crippen LogP contribution in [0.5, 0.6) is 5.75 Å². The zero-order valence-electron chi connectivity index (χ0n) is 9.89. The van der Waals surface area contributed by atoms with Crippen molar-refractivity contribution in [3.05, 3.63) is 48.6 Å². The quantitative estimate of drug-likeness (QED) is 0.430. The fraction of sp³-hybridized carbons (Fsp3) is 0.214. The Balaban J connectivity index is 2.53. The molecular weight excluding hydrogens is 216 g/mol. The average molecular weight is 232 g/mol. The monoisotopic (exact) mass is 232 g/mol. The summed E-state index contributed by atoms with van der Waals surface area (Å²) in [6.07, 6.45) is 4.61. The Kier molecular flexibility index (Phi) is 5.58. The summed E-state index contributed by atoms with van der Waals surface area (Å²) >= 11 is 0. The van der Waals surface area contributed by atoms with Gasteiger partial charge in [0, 0.05) is 6.08 Å². The van der Waals surface area contributed by atoms with Crippen molar-refractivity contribution in [3.63, 3.8) is 0 Å². The van der Waals surface area contributed by atoms with E-state index in [-0.39, 0.29) is 12.6 Å². The molecule has 1 aromatic rings. The summed E-state index contributed by atoms with van der Waals surface area (Å²) in [6, 6.07) is 7.47. The van der Waals surface area contributed by atoms with Crippen molar-refractivity contribution in [3.8, 4) is 5.75 Å². The van der Waals surface area contributed by atoms with Crippen molar-refractivity contribution in [2.45, 2.75) is 6.92 Å². The summed E-state index contributed by atoms with van der Waals surface area (Å²) in [4.78, 5) is 11.2. The van der Waals surface area contributed by atoms with Gasteiger partial charge in [0.2, 0.25) is 0 Å². The van der Waals surface area contributed by atoms with Crippen LogP contribution in [0.25, 0.3) is 6.08 Å². The molecule has 0 aliphatic heterocycles. The number of esters is 1. The minimum absolute atomic E-state index is 0.229. The molecular formula is C14H16O3. The zero-order valence-corrected chi connectivity index (χ0v) is 9.89. The van der Waals surface area contributed by atoms with E-state index in [9.17, 15) is 4.79 Å². The molecule has 1 rings (SSSR count). The van der Waals surface area contributed by atoms with Gasteiger partial charge in [-0.3, -0.25) is 0 Å². The van der Waals surface area contributed by atoms with E-state index in [1.807, 2.05) is 31.2 Å². The van der Waals surface area contributed by atoms with E-state index in [2.05, 4.69) is 6.58 Å². The molecule has 0 aliphatic carbocycles. The van der Waals surface area contributed by atoms with Crippen LogP contribution in [0.15, 0.2) is 43.0 Å². The largest absolute Gasteiger partial charge is 0.494 e. The highest BCUT2D eigenvalue weighted by Crippen LogP contribution is 2.12. The predicted molar refractivity (Wildman–Crippen MR) is 67.8 cm³/mol. The van der Waals surface area contributed by atoms with Gasteiger partial charge in [-0.2, -0.15) is 0 Å². The van der Waals surface area contributed by atoms with Crippen LogP contribution in [0.3, 0.4) is 0 Å². The third-order valence-electron chi connectivity index (χ3n) is 1.95. The second-order valence-corrected chi connectivity index (χ2v) is 3.25. The van der Waals surface area contributed by atoms with Gasteiger partial charge in [0.15, 0.2) is 0 Å². The topological polar surface area (TPSA) is 35.5 Å². The first-order valence-corrected chi connectivity index (χ1v) is 5.45. The average Bonchev–Trinajstić information content (AvgIpc) is 2.36. The van der Waals surface area contributed by atoms with Crippen molar-refractivity contribution < 1.29 is 14.3 Å². The lowest BCUT2D eigenvalue weighted by Crippen LogP contribution is -1.99. The highest BCUT2D eigenvalue weighted by Gasteiger charge is 1.95. The molecule has 0 atom stereocenters. The Morgan fingerprint density at radius 1 is 1.35 bits per heavy atom. The van der Waals surface area contributed by atoms with Crippen LogP contribution in [0.1, 0.15) is 12.5 Å². The minimum Gasteiger partial charge on any atom is -0.494 e. The first-order valence-electron chi connectivity index (χ1n) is 5.45. The van der Waals surface area contributed by atoms with Gasteiger partial charge in [0.25, 0.3) is 0 Å². The van der Waals surface area contributed by atoms with Crippen molar-refractivity contribution in [1.29, 1.82) is 0 Å². The molecule has 3 nitrogen and oxygen atoms in total. The Hall–Kier alpha value is -2.03. The lowest BCUT2D eigenvalue weighted by atomic mass is 10.2. The van der Waals surface area contributed by atoms with Crippen LogP contribution < -0.4 is 4.74 Å². The fourth-order valence-electron chi connectivity index (χ4n) is 1.20. The fourth-order valence-corrected chi connectivity index (χ4v) is 1.20. The van der Waals surface area contributed by atoms with Crippen LogP contribution in [0.4, 0.5) is 0 Å². The van der Waals surface area contributed by atoms with Gasteiger partial charge in [-0.1, -0.05) is 24.8 Å². The Labute approximate surface area is 101 Å². The summed E-state index contributed by atoms with van der Waals surface area (Å²) in [5.74, 6) is 0.442. The van der Waals surface area contributed by atoms with E-state index in [0.717, 1.165) is 11.3 Å². The molecule has 0 saturated heterocycles. The molecule has 0 aromatic heterocycles. The molecule has 0 unspecified atom stereocenters. The normalized spacial score (nSPS) is 10.2. The van der Waals surface area contributed by atoms with E-state index in [1.54, 1.807) is 6.08 Å². The maximum Gasteiger partial charge on any atom is 0.331 e. The molecule has 0 spiro atoms. The minimum atomic E-state index is -0.376. The summed E-state index contributed by atoms with van der Waals surface area (Å²) in [5, 5.41) is 0. The third-order valence-corrected chi connectivity index (χ3v) is 1.95. The predicted octanol–water partition coefficient (Wildman–Crippen LogP) is 2.83. The second-order valence-electron chi connectivity index (χ2n) is 3.25. The SMILES string of the molecule is C=CCOC(=O)/C=C/c1ccc(OCC)cc1. The molecule has 0 fully saturated rings. The Morgan fingerprint density at radius 2 is 2.06 bits per heavy atom. The highest BCUT2D eigenvalue weighted by atomic mass is 16.5. The van der Waals surface area contributed by atoms with Crippen molar-refractivity contribution in [1.82, 2.24) is 0 Å². The summed E-state index contributed by atoms with van der Waals surface area (Å²) in [5.41, 5.74) is 0.920. The van der Waals surface area contributed by atoms with Crippen LogP contribution in [-0.4, -0.2) is 19.2 Å². The van der Waals surface area contributed by atoms with Gasteiger partial charge in [0.05, 0.1) is 6.61 Å². The summed E-state index contributed by atoms with van der Waals surface area (Å²) in [7, 11) is 0. The van der Waals surface area contributed by atoms with E-state index >= 15 is 0 Å². The third kappa shape index (κ3) is 5.02. The van der Waals surface area contributed by atoms with Crippen molar-refractivity contribution in [2.24, 2.45) is 0 Å². The van der Waals surface area contributed by atoms with E-state index in [1.165, 1.54) is 12.2 Å². The number of carbonyl (C=O) groups is 1. The van der Waals surface area contributed by atoms with Gasteiger partial charge >= 0.3 is 5.97 Å². The molecule has 90 valence electrons. The lowest BCUT2D eigenvalue weighted by Gasteiger charge is -2.02. The number of rotatable bonds is 6. The molecule has 0 amide bonds. The van der Waals surface area contributed by atoms with Crippen molar-refractivity contribution in [2.75, 3.05) is 13.2 Å². The maximum absolute atomic E-state index is 11.2. The Bertz CT molecular complexity index is 390. The highest BCUT2D eigenvalue weighted by molar-refractivity contribution is 5.87. The number of hydrogen-bond acceptors (Lipinski definition) is 3. The van der Waals surface area contributed by atoms with Gasteiger partial charge in [-0.25, -0.2) is 4.79 Å². The standard InChI is InChI=1S/C14H16O3/c1-3-11-17-14(15)10-7-12-5-8-13(9-6-12)16-4-2/h3,5-10H,1,4,11H2,2H3/b10-7+.